The molecule has 0 aromatic carbocycles. The van der Waals surface area contributed by atoms with Crippen LogP contribution in [-0.4, -0.2) is 0 Å². The van der Waals surface area contributed by atoms with Crippen LogP contribution in [0.3, 0.4) is 0 Å². The van der Waals surface area contributed by atoms with E-state index in [1.807, 2.05) is 18.4 Å². The molecule has 0 aliphatic heterocycles. The third-order valence-corrected chi connectivity index (χ3v) is 2.55. The highest BCUT2D eigenvalue weighted by atomic mass is 32.1. The quantitative estimate of drug-likeness (QED) is 0.659. The van der Waals surface area contributed by atoms with Gasteiger partial charge in [0.05, 0.1) is 4.88 Å². The molecule has 0 saturated carbocycles. The van der Waals surface area contributed by atoms with Crippen LogP contribution in [0.25, 0.3) is 5.57 Å². The first-order valence-electron chi connectivity index (χ1n) is 3.22. The predicted octanol–water partition coefficient (Wildman–Crippen LogP) is 2.75. The number of nitrogens with two attached hydrogens (primary N) is 1. The minimum absolute atomic E-state index is 0.889. The molecular weight excluding hydrogens is 142 g/mol. The van der Waals surface area contributed by atoms with Crippen molar-refractivity contribution >= 4 is 22.6 Å². The molecule has 0 fully saturated rings. The number of hydrogen-bond donors (Lipinski definition) is 1. The summed E-state index contributed by atoms with van der Waals surface area (Å²) in [7, 11) is 0. The fourth-order valence-electron chi connectivity index (χ4n) is 0.771. The summed E-state index contributed by atoms with van der Waals surface area (Å²) in [4.78, 5) is 1.20. The summed E-state index contributed by atoms with van der Waals surface area (Å²) >= 11 is 1.69. The van der Waals surface area contributed by atoms with E-state index < -0.39 is 0 Å². The second kappa shape index (κ2) is 2.88. The highest BCUT2D eigenvalue weighted by molar-refractivity contribution is 7.11. The maximum absolute atomic E-state index is 5.69. The summed E-state index contributed by atoms with van der Waals surface area (Å²) in [5.41, 5.74) is 7.83. The Balaban J connectivity index is 3.05. The van der Waals surface area contributed by atoms with Crippen LogP contribution in [0.15, 0.2) is 17.5 Å². The Morgan fingerprint density at radius 3 is 2.80 bits per heavy atom. The van der Waals surface area contributed by atoms with Gasteiger partial charge in [0.1, 0.15) is 0 Å². The van der Waals surface area contributed by atoms with Gasteiger partial charge in [0.2, 0.25) is 0 Å². The SMILES string of the molecule is C/C=C(/C)c1sccc1N. The van der Waals surface area contributed by atoms with Gasteiger partial charge in [0, 0.05) is 5.69 Å². The zero-order valence-corrected chi connectivity index (χ0v) is 7.03. The number of nitrogen functional groups attached to an aromatic ring is 1. The van der Waals surface area contributed by atoms with Crippen LogP contribution in [0.1, 0.15) is 18.7 Å². The second-order valence-electron chi connectivity index (χ2n) is 2.18. The van der Waals surface area contributed by atoms with Crippen molar-refractivity contribution in [2.75, 3.05) is 5.73 Å². The first-order valence-corrected chi connectivity index (χ1v) is 4.10. The Bertz CT molecular complexity index is 248. The molecule has 54 valence electrons. The van der Waals surface area contributed by atoms with Gasteiger partial charge in [-0.05, 0) is 30.9 Å². The maximum Gasteiger partial charge on any atom is 0.0525 e. The van der Waals surface area contributed by atoms with Crippen molar-refractivity contribution < 1.29 is 0 Å². The molecule has 0 spiro atoms. The normalized spacial score (nSPS) is 12.0. The lowest BCUT2D eigenvalue weighted by Crippen LogP contribution is -1.84. The number of allylic oxidation sites excluding steroid dienone is 2. The van der Waals surface area contributed by atoms with Crippen molar-refractivity contribution in [1.82, 2.24) is 0 Å². The van der Waals surface area contributed by atoms with Crippen molar-refractivity contribution in [2.45, 2.75) is 13.8 Å². The number of thiophene rings is 1. The van der Waals surface area contributed by atoms with E-state index in [9.17, 15) is 0 Å². The highest BCUT2D eigenvalue weighted by Gasteiger charge is 1.99. The summed E-state index contributed by atoms with van der Waals surface area (Å²) < 4.78 is 0. The number of anilines is 1. The van der Waals surface area contributed by atoms with Crippen molar-refractivity contribution in [3.63, 3.8) is 0 Å². The van der Waals surface area contributed by atoms with Crippen LogP contribution in [0.4, 0.5) is 5.69 Å². The first kappa shape index (κ1) is 7.35. The molecule has 0 unspecified atom stereocenters. The molecule has 0 amide bonds. The standard InChI is InChI=1S/C8H11NS/c1-3-6(2)8-7(9)4-5-10-8/h3-5H,9H2,1-2H3/b6-3-. The Morgan fingerprint density at radius 2 is 2.40 bits per heavy atom. The largest absolute Gasteiger partial charge is 0.398 e. The molecule has 10 heavy (non-hydrogen) atoms. The van der Waals surface area contributed by atoms with Gasteiger partial charge in [0.15, 0.2) is 0 Å². The molecule has 2 heteroatoms. The van der Waals surface area contributed by atoms with Crippen LogP contribution >= 0.6 is 11.3 Å². The molecule has 0 radical (unpaired) electrons. The third-order valence-electron chi connectivity index (χ3n) is 1.49. The zero-order valence-electron chi connectivity index (χ0n) is 6.22. The fraction of sp³-hybridized carbons (Fsp3) is 0.250. The van der Waals surface area contributed by atoms with Crippen LogP contribution in [0, 0.1) is 0 Å². The lowest BCUT2D eigenvalue weighted by molar-refractivity contribution is 1.63. The van der Waals surface area contributed by atoms with Gasteiger partial charge in [-0.25, -0.2) is 0 Å². The molecule has 1 rings (SSSR count). The van der Waals surface area contributed by atoms with E-state index in [-0.39, 0.29) is 0 Å². The van der Waals surface area contributed by atoms with E-state index in [4.69, 9.17) is 5.73 Å². The Hall–Kier alpha value is -0.760. The maximum atomic E-state index is 5.69. The molecule has 0 aliphatic rings. The Kier molecular flexibility index (Phi) is 2.12. The minimum atomic E-state index is 0.889. The van der Waals surface area contributed by atoms with Crippen LogP contribution in [0.5, 0.6) is 0 Å². The van der Waals surface area contributed by atoms with Crippen LogP contribution < -0.4 is 5.73 Å². The second-order valence-corrected chi connectivity index (χ2v) is 3.09. The minimum Gasteiger partial charge on any atom is -0.398 e. The average Bonchev–Trinajstić information content (AvgIpc) is 2.34. The summed E-state index contributed by atoms with van der Waals surface area (Å²) in [5, 5.41) is 2.01. The lowest BCUT2D eigenvalue weighted by Gasteiger charge is -1.95. The summed E-state index contributed by atoms with van der Waals surface area (Å²) in [6.45, 7) is 4.09. The van der Waals surface area contributed by atoms with Crippen LogP contribution in [0.2, 0.25) is 0 Å². The predicted molar refractivity (Wildman–Crippen MR) is 48.1 cm³/mol. The van der Waals surface area contributed by atoms with Crippen molar-refractivity contribution in [1.29, 1.82) is 0 Å². The molecule has 0 saturated heterocycles. The molecular formula is C8H11NS. The fourth-order valence-corrected chi connectivity index (χ4v) is 1.63. The topological polar surface area (TPSA) is 26.0 Å². The lowest BCUT2D eigenvalue weighted by atomic mass is 10.2. The smallest absolute Gasteiger partial charge is 0.0525 e. The van der Waals surface area contributed by atoms with Gasteiger partial charge < -0.3 is 5.73 Å². The average molecular weight is 153 g/mol. The molecule has 2 N–H and O–H groups in total. The molecule has 1 heterocycles. The number of hydrogen-bond acceptors (Lipinski definition) is 2. The Labute approximate surface area is 65.2 Å². The van der Waals surface area contributed by atoms with Gasteiger partial charge in [-0.15, -0.1) is 11.3 Å². The molecule has 0 atom stereocenters. The van der Waals surface area contributed by atoms with Crippen LogP contribution in [-0.2, 0) is 0 Å². The Morgan fingerprint density at radius 1 is 1.70 bits per heavy atom. The van der Waals surface area contributed by atoms with E-state index in [1.165, 1.54) is 10.5 Å². The zero-order chi connectivity index (χ0) is 7.56. The van der Waals surface area contributed by atoms with Gasteiger partial charge >= 0.3 is 0 Å². The first-order chi connectivity index (χ1) is 4.75. The van der Waals surface area contributed by atoms with Gasteiger partial charge in [-0.1, -0.05) is 6.08 Å². The van der Waals surface area contributed by atoms with Crippen molar-refractivity contribution in [2.24, 2.45) is 0 Å². The van der Waals surface area contributed by atoms with E-state index in [1.54, 1.807) is 11.3 Å². The summed E-state index contributed by atoms with van der Waals surface area (Å²) in [6, 6.07) is 1.94. The van der Waals surface area contributed by atoms with E-state index in [0.29, 0.717) is 0 Å². The van der Waals surface area contributed by atoms with Gasteiger partial charge in [-0.3, -0.25) is 0 Å². The monoisotopic (exact) mass is 153 g/mol. The number of rotatable bonds is 1. The molecule has 0 bridgehead atoms. The summed E-state index contributed by atoms with van der Waals surface area (Å²) in [5.74, 6) is 0. The molecule has 1 nitrogen and oxygen atoms in total. The highest BCUT2D eigenvalue weighted by Crippen LogP contribution is 2.26. The van der Waals surface area contributed by atoms with Gasteiger partial charge in [-0.2, -0.15) is 0 Å². The van der Waals surface area contributed by atoms with Gasteiger partial charge in [0.25, 0.3) is 0 Å². The third kappa shape index (κ3) is 1.21. The van der Waals surface area contributed by atoms with Crippen molar-refractivity contribution in [3.8, 4) is 0 Å². The molecule has 1 aromatic heterocycles. The molecule has 0 aliphatic carbocycles. The summed E-state index contributed by atoms with van der Waals surface area (Å²) in [6.07, 6.45) is 2.07. The van der Waals surface area contributed by atoms with E-state index in [0.717, 1.165) is 5.69 Å². The van der Waals surface area contributed by atoms with E-state index >= 15 is 0 Å². The van der Waals surface area contributed by atoms with E-state index in [2.05, 4.69) is 13.0 Å². The molecule has 1 aromatic rings. The van der Waals surface area contributed by atoms with Crippen molar-refractivity contribution in [3.05, 3.63) is 22.4 Å².